The molecular formula is C18H21NO2. The molecule has 0 aliphatic carbocycles. The van der Waals surface area contributed by atoms with Gasteiger partial charge in [0, 0.05) is 24.7 Å². The predicted molar refractivity (Wildman–Crippen MR) is 85.2 cm³/mol. The normalized spacial score (nSPS) is 12.6. The molecule has 0 atom stereocenters. The molecule has 0 unspecified atom stereocenters. The van der Waals surface area contributed by atoms with E-state index in [9.17, 15) is 0 Å². The van der Waals surface area contributed by atoms with Gasteiger partial charge in [-0.1, -0.05) is 25.1 Å². The van der Waals surface area contributed by atoms with Gasteiger partial charge in [-0.3, -0.25) is 0 Å². The molecule has 0 radical (unpaired) electrons. The Morgan fingerprint density at radius 2 is 2.14 bits per heavy atom. The number of anilines is 1. The lowest BCUT2D eigenvalue weighted by atomic mass is 10.1. The summed E-state index contributed by atoms with van der Waals surface area (Å²) in [5.41, 5.74) is 3.67. The number of ether oxygens (including phenoxy) is 2. The molecule has 0 amide bonds. The van der Waals surface area contributed by atoms with E-state index in [0.29, 0.717) is 0 Å². The van der Waals surface area contributed by atoms with Gasteiger partial charge in [0.2, 0.25) is 0 Å². The standard InChI is InChI=1S/C18H21NO2/c1-2-9-20-17-5-3-4-16(12-17)19-13-14-6-7-18-15(11-14)8-10-21-18/h3-7,11-12,19H,2,8-10,13H2,1H3. The van der Waals surface area contributed by atoms with Gasteiger partial charge in [0.15, 0.2) is 0 Å². The summed E-state index contributed by atoms with van der Waals surface area (Å²) in [6.45, 7) is 4.49. The average molecular weight is 283 g/mol. The van der Waals surface area contributed by atoms with Crippen molar-refractivity contribution in [2.24, 2.45) is 0 Å². The van der Waals surface area contributed by atoms with E-state index in [1.807, 2.05) is 18.2 Å². The third-order valence-electron chi connectivity index (χ3n) is 3.56. The van der Waals surface area contributed by atoms with Crippen LogP contribution < -0.4 is 14.8 Å². The van der Waals surface area contributed by atoms with E-state index in [1.54, 1.807) is 0 Å². The molecule has 0 aromatic heterocycles. The number of fused-ring (bicyclic) bond motifs is 1. The first kappa shape index (κ1) is 13.8. The zero-order valence-corrected chi connectivity index (χ0v) is 12.4. The zero-order valence-electron chi connectivity index (χ0n) is 12.4. The van der Waals surface area contributed by atoms with Crippen LogP contribution in [-0.2, 0) is 13.0 Å². The molecule has 0 fully saturated rings. The molecule has 0 spiro atoms. The molecule has 3 nitrogen and oxygen atoms in total. The lowest BCUT2D eigenvalue weighted by Gasteiger charge is -2.10. The first-order valence-electron chi connectivity index (χ1n) is 7.56. The van der Waals surface area contributed by atoms with Crippen LogP contribution in [0.3, 0.4) is 0 Å². The van der Waals surface area contributed by atoms with Crippen LogP contribution in [0.15, 0.2) is 42.5 Å². The highest BCUT2D eigenvalue weighted by atomic mass is 16.5. The number of hydrogen-bond donors (Lipinski definition) is 1. The summed E-state index contributed by atoms with van der Waals surface area (Å²) in [5.74, 6) is 1.96. The molecule has 110 valence electrons. The van der Waals surface area contributed by atoms with Crippen molar-refractivity contribution in [3.63, 3.8) is 0 Å². The quantitative estimate of drug-likeness (QED) is 0.868. The minimum Gasteiger partial charge on any atom is -0.494 e. The van der Waals surface area contributed by atoms with Crippen molar-refractivity contribution in [2.45, 2.75) is 26.3 Å². The number of rotatable bonds is 6. The Bertz CT molecular complexity index is 610. The number of nitrogens with one attached hydrogen (secondary N) is 1. The molecule has 1 N–H and O–H groups in total. The fraction of sp³-hybridized carbons (Fsp3) is 0.333. The monoisotopic (exact) mass is 283 g/mol. The molecule has 0 bridgehead atoms. The summed E-state index contributed by atoms with van der Waals surface area (Å²) in [6, 6.07) is 14.5. The highest BCUT2D eigenvalue weighted by Gasteiger charge is 2.11. The van der Waals surface area contributed by atoms with Gasteiger partial charge in [0.05, 0.1) is 13.2 Å². The Hall–Kier alpha value is -2.16. The molecule has 1 aliphatic rings. The van der Waals surface area contributed by atoms with Crippen molar-refractivity contribution >= 4 is 5.69 Å². The van der Waals surface area contributed by atoms with Gasteiger partial charge in [0.25, 0.3) is 0 Å². The van der Waals surface area contributed by atoms with Crippen molar-refractivity contribution in [3.05, 3.63) is 53.6 Å². The van der Waals surface area contributed by atoms with E-state index in [-0.39, 0.29) is 0 Å². The Morgan fingerprint density at radius 3 is 3.05 bits per heavy atom. The highest BCUT2D eigenvalue weighted by molar-refractivity contribution is 5.49. The van der Waals surface area contributed by atoms with Gasteiger partial charge in [-0.25, -0.2) is 0 Å². The van der Waals surface area contributed by atoms with E-state index in [0.717, 1.165) is 49.8 Å². The lowest BCUT2D eigenvalue weighted by molar-refractivity contribution is 0.317. The van der Waals surface area contributed by atoms with E-state index in [1.165, 1.54) is 11.1 Å². The predicted octanol–water partition coefficient (Wildman–Crippen LogP) is 4.02. The maximum atomic E-state index is 5.65. The Labute approximate surface area is 125 Å². The Morgan fingerprint density at radius 1 is 1.19 bits per heavy atom. The Balaban J connectivity index is 1.62. The van der Waals surface area contributed by atoms with Gasteiger partial charge in [-0.05, 0) is 35.7 Å². The highest BCUT2D eigenvalue weighted by Crippen LogP contribution is 2.26. The number of benzene rings is 2. The van der Waals surface area contributed by atoms with Crippen molar-refractivity contribution in [1.29, 1.82) is 0 Å². The zero-order chi connectivity index (χ0) is 14.5. The molecule has 2 aromatic rings. The smallest absolute Gasteiger partial charge is 0.122 e. The Kier molecular flexibility index (Phi) is 4.29. The summed E-state index contributed by atoms with van der Waals surface area (Å²) >= 11 is 0. The molecule has 2 aromatic carbocycles. The summed E-state index contributed by atoms with van der Waals surface area (Å²) < 4.78 is 11.2. The molecule has 3 heteroatoms. The van der Waals surface area contributed by atoms with Crippen LogP contribution in [0.25, 0.3) is 0 Å². The van der Waals surface area contributed by atoms with Crippen LogP contribution in [0.2, 0.25) is 0 Å². The minimum atomic E-state index is 0.758. The van der Waals surface area contributed by atoms with Crippen LogP contribution in [0.1, 0.15) is 24.5 Å². The molecule has 21 heavy (non-hydrogen) atoms. The van der Waals surface area contributed by atoms with Crippen LogP contribution >= 0.6 is 0 Å². The SMILES string of the molecule is CCCOc1cccc(NCc2ccc3c(c2)CCO3)c1. The molecular weight excluding hydrogens is 262 g/mol. The van der Waals surface area contributed by atoms with Gasteiger partial charge >= 0.3 is 0 Å². The maximum absolute atomic E-state index is 5.65. The number of hydrogen-bond acceptors (Lipinski definition) is 3. The van der Waals surface area contributed by atoms with Crippen LogP contribution in [-0.4, -0.2) is 13.2 Å². The third kappa shape index (κ3) is 3.48. The fourth-order valence-corrected chi connectivity index (χ4v) is 2.47. The van der Waals surface area contributed by atoms with Gasteiger partial charge in [0.1, 0.15) is 11.5 Å². The van der Waals surface area contributed by atoms with Crippen LogP contribution in [0.4, 0.5) is 5.69 Å². The molecule has 0 saturated carbocycles. The average Bonchev–Trinajstić information content (AvgIpc) is 2.99. The molecule has 1 heterocycles. The molecule has 1 aliphatic heterocycles. The van der Waals surface area contributed by atoms with Crippen molar-refractivity contribution in [2.75, 3.05) is 18.5 Å². The van der Waals surface area contributed by atoms with E-state index >= 15 is 0 Å². The van der Waals surface area contributed by atoms with E-state index in [2.05, 4.69) is 36.5 Å². The fourth-order valence-electron chi connectivity index (χ4n) is 2.47. The van der Waals surface area contributed by atoms with Crippen molar-refractivity contribution in [1.82, 2.24) is 0 Å². The summed E-state index contributed by atoms with van der Waals surface area (Å²) in [4.78, 5) is 0. The second kappa shape index (κ2) is 6.53. The topological polar surface area (TPSA) is 30.5 Å². The van der Waals surface area contributed by atoms with Gasteiger partial charge in [-0.15, -0.1) is 0 Å². The minimum absolute atomic E-state index is 0.758. The summed E-state index contributed by atoms with van der Waals surface area (Å²) in [7, 11) is 0. The van der Waals surface area contributed by atoms with Gasteiger partial charge < -0.3 is 14.8 Å². The van der Waals surface area contributed by atoms with Crippen LogP contribution in [0.5, 0.6) is 11.5 Å². The second-order valence-electron chi connectivity index (χ2n) is 5.27. The van der Waals surface area contributed by atoms with Gasteiger partial charge in [-0.2, -0.15) is 0 Å². The maximum Gasteiger partial charge on any atom is 0.122 e. The van der Waals surface area contributed by atoms with E-state index in [4.69, 9.17) is 9.47 Å². The largest absolute Gasteiger partial charge is 0.494 e. The molecule has 0 saturated heterocycles. The molecule has 3 rings (SSSR count). The second-order valence-corrected chi connectivity index (χ2v) is 5.27. The summed E-state index contributed by atoms with van der Waals surface area (Å²) in [5, 5.41) is 3.45. The first-order valence-corrected chi connectivity index (χ1v) is 7.56. The van der Waals surface area contributed by atoms with Crippen molar-refractivity contribution in [3.8, 4) is 11.5 Å². The van der Waals surface area contributed by atoms with Crippen LogP contribution in [0, 0.1) is 0 Å². The van der Waals surface area contributed by atoms with Crippen molar-refractivity contribution < 1.29 is 9.47 Å². The lowest BCUT2D eigenvalue weighted by Crippen LogP contribution is -2.01. The third-order valence-corrected chi connectivity index (χ3v) is 3.56. The summed E-state index contributed by atoms with van der Waals surface area (Å²) in [6.07, 6.45) is 2.04. The first-order chi connectivity index (χ1) is 10.3. The van der Waals surface area contributed by atoms with E-state index < -0.39 is 0 Å².